The molecule has 2 aromatic rings. The Morgan fingerprint density at radius 1 is 1.40 bits per heavy atom. The van der Waals surface area contributed by atoms with Gasteiger partial charge in [0.1, 0.15) is 0 Å². The van der Waals surface area contributed by atoms with Crippen LogP contribution in [-0.4, -0.2) is 10.6 Å². The highest BCUT2D eigenvalue weighted by molar-refractivity contribution is 6.31. The number of fused-ring (bicyclic) bond motifs is 1. The largest absolute Gasteiger partial charge is 0.347 e. The van der Waals surface area contributed by atoms with Crippen LogP contribution < -0.4 is 5.32 Å². The lowest BCUT2D eigenvalue weighted by atomic mass is 10.2. The maximum atomic E-state index is 8.67. The topological polar surface area (TPSA) is 40.8 Å². The molecule has 0 amide bonds. The zero-order chi connectivity index (χ0) is 13.9. The summed E-state index contributed by atoms with van der Waals surface area (Å²) >= 11 is 6.12. The Hall–Kier alpha value is -1.50. The van der Waals surface area contributed by atoms with Crippen LogP contribution in [0.3, 0.4) is 0 Å². The third kappa shape index (κ3) is 2.98. The van der Waals surface area contributed by atoms with E-state index in [1.54, 1.807) is 0 Å². The summed E-state index contributed by atoms with van der Waals surface area (Å²) in [7, 11) is 0. The monoisotopic (exact) mass is 287 g/mol. The van der Waals surface area contributed by atoms with Crippen molar-refractivity contribution in [2.45, 2.75) is 44.8 Å². The minimum absolute atomic E-state index is 0.593. The molecule has 1 aromatic carbocycles. The van der Waals surface area contributed by atoms with Crippen molar-refractivity contribution >= 4 is 22.5 Å². The van der Waals surface area contributed by atoms with Crippen LogP contribution in [0.25, 0.3) is 10.9 Å². The van der Waals surface area contributed by atoms with E-state index < -0.39 is 0 Å². The molecule has 0 bridgehead atoms. The van der Waals surface area contributed by atoms with Crippen LogP contribution in [0.2, 0.25) is 5.02 Å². The van der Waals surface area contributed by atoms with Crippen LogP contribution in [0.15, 0.2) is 24.4 Å². The van der Waals surface area contributed by atoms with Gasteiger partial charge < -0.3 is 9.88 Å². The van der Waals surface area contributed by atoms with Gasteiger partial charge in [-0.1, -0.05) is 17.7 Å². The van der Waals surface area contributed by atoms with E-state index in [4.69, 9.17) is 16.9 Å². The number of unbranched alkanes of at least 4 members (excludes halogenated alkanes) is 1. The van der Waals surface area contributed by atoms with E-state index in [0.717, 1.165) is 24.5 Å². The molecule has 0 radical (unpaired) electrons. The number of nitriles is 1. The van der Waals surface area contributed by atoms with Gasteiger partial charge in [-0.25, -0.2) is 0 Å². The van der Waals surface area contributed by atoms with Gasteiger partial charge in [-0.05, 0) is 37.0 Å². The molecular weight excluding hydrogens is 270 g/mol. The van der Waals surface area contributed by atoms with Crippen molar-refractivity contribution in [2.75, 3.05) is 0 Å². The van der Waals surface area contributed by atoms with Gasteiger partial charge in [0.25, 0.3) is 0 Å². The van der Waals surface area contributed by atoms with Crippen LogP contribution >= 0.6 is 11.6 Å². The molecule has 0 atom stereocenters. The fourth-order valence-electron chi connectivity index (χ4n) is 2.54. The van der Waals surface area contributed by atoms with Crippen molar-refractivity contribution in [1.29, 1.82) is 5.26 Å². The molecule has 0 aliphatic heterocycles. The quantitative estimate of drug-likeness (QED) is 0.820. The Morgan fingerprint density at radius 3 is 3.00 bits per heavy atom. The van der Waals surface area contributed by atoms with Gasteiger partial charge in [-0.2, -0.15) is 5.26 Å². The van der Waals surface area contributed by atoms with Gasteiger partial charge in [-0.15, -0.1) is 0 Å². The molecular formula is C16H18ClN3. The van der Waals surface area contributed by atoms with Crippen molar-refractivity contribution in [2.24, 2.45) is 0 Å². The molecule has 0 saturated heterocycles. The first-order valence-electron chi connectivity index (χ1n) is 7.15. The molecule has 1 saturated carbocycles. The number of halogens is 1. The zero-order valence-corrected chi connectivity index (χ0v) is 12.2. The molecule has 3 nitrogen and oxygen atoms in total. The SMILES string of the molecule is N#CCCCn1cc(CNC2CC2)c2ccc(Cl)cc21. The number of benzene rings is 1. The summed E-state index contributed by atoms with van der Waals surface area (Å²) in [5.74, 6) is 0. The first-order valence-corrected chi connectivity index (χ1v) is 7.53. The van der Waals surface area contributed by atoms with Gasteiger partial charge >= 0.3 is 0 Å². The van der Waals surface area contributed by atoms with E-state index in [9.17, 15) is 0 Å². The van der Waals surface area contributed by atoms with Crippen LogP contribution in [0, 0.1) is 11.3 Å². The van der Waals surface area contributed by atoms with E-state index >= 15 is 0 Å². The molecule has 1 N–H and O–H groups in total. The number of rotatable bonds is 6. The van der Waals surface area contributed by atoms with Crippen molar-refractivity contribution < 1.29 is 0 Å². The molecule has 4 heteroatoms. The maximum Gasteiger partial charge on any atom is 0.0622 e. The third-order valence-corrected chi connectivity index (χ3v) is 4.01. The second-order valence-corrected chi connectivity index (χ2v) is 5.86. The van der Waals surface area contributed by atoms with E-state index in [0.29, 0.717) is 12.5 Å². The summed E-state index contributed by atoms with van der Waals surface area (Å²) in [4.78, 5) is 0. The minimum Gasteiger partial charge on any atom is -0.347 e. The molecule has 1 aliphatic carbocycles. The van der Waals surface area contributed by atoms with E-state index in [2.05, 4.69) is 28.2 Å². The fraction of sp³-hybridized carbons (Fsp3) is 0.438. The lowest BCUT2D eigenvalue weighted by Crippen LogP contribution is -2.14. The van der Waals surface area contributed by atoms with E-state index in [-0.39, 0.29) is 0 Å². The van der Waals surface area contributed by atoms with Crippen LogP contribution in [0.5, 0.6) is 0 Å². The number of aryl methyl sites for hydroxylation is 1. The highest BCUT2D eigenvalue weighted by Crippen LogP contribution is 2.26. The molecule has 104 valence electrons. The first-order chi connectivity index (χ1) is 9.78. The van der Waals surface area contributed by atoms with Gasteiger partial charge in [0.05, 0.1) is 6.07 Å². The van der Waals surface area contributed by atoms with Gasteiger partial charge in [-0.3, -0.25) is 0 Å². The average Bonchev–Trinajstić information content (AvgIpc) is 3.21. The number of nitrogens with one attached hydrogen (secondary N) is 1. The highest BCUT2D eigenvalue weighted by atomic mass is 35.5. The predicted octanol–water partition coefficient (Wildman–Crippen LogP) is 3.85. The van der Waals surface area contributed by atoms with Crippen molar-refractivity contribution in [3.8, 4) is 6.07 Å². The summed E-state index contributed by atoms with van der Waals surface area (Å²) in [6.07, 6.45) is 6.27. The summed E-state index contributed by atoms with van der Waals surface area (Å²) in [6, 6.07) is 8.97. The molecule has 1 heterocycles. The number of hydrogen-bond acceptors (Lipinski definition) is 2. The van der Waals surface area contributed by atoms with E-state index in [1.807, 2.05) is 12.1 Å². The van der Waals surface area contributed by atoms with Gasteiger partial charge in [0.2, 0.25) is 0 Å². The second kappa shape index (κ2) is 5.87. The Labute approximate surface area is 124 Å². The molecule has 20 heavy (non-hydrogen) atoms. The standard InChI is InChI=1S/C16H18ClN3/c17-13-3-6-15-12(10-19-14-4-5-14)11-20(16(15)9-13)8-2-1-7-18/h3,6,9,11,14,19H,1-2,4-5,8,10H2. The molecule has 1 fully saturated rings. The maximum absolute atomic E-state index is 8.67. The number of aromatic nitrogens is 1. The zero-order valence-electron chi connectivity index (χ0n) is 11.4. The molecule has 1 aliphatic rings. The van der Waals surface area contributed by atoms with Crippen LogP contribution in [0.1, 0.15) is 31.2 Å². The minimum atomic E-state index is 0.593. The third-order valence-electron chi connectivity index (χ3n) is 3.77. The van der Waals surface area contributed by atoms with Crippen molar-refractivity contribution in [3.05, 3.63) is 35.0 Å². The molecule has 0 unspecified atom stereocenters. The Bertz CT molecular complexity index is 650. The normalized spacial score (nSPS) is 14.6. The van der Waals surface area contributed by atoms with Crippen molar-refractivity contribution in [1.82, 2.24) is 9.88 Å². The second-order valence-electron chi connectivity index (χ2n) is 5.43. The number of nitrogens with zero attached hydrogens (tertiary/aromatic N) is 2. The molecule has 0 spiro atoms. The Balaban J connectivity index is 1.87. The van der Waals surface area contributed by atoms with E-state index in [1.165, 1.54) is 29.3 Å². The molecule has 1 aromatic heterocycles. The predicted molar refractivity (Wildman–Crippen MR) is 81.7 cm³/mol. The first kappa shape index (κ1) is 13.5. The summed E-state index contributed by atoms with van der Waals surface area (Å²) in [6.45, 7) is 1.78. The average molecular weight is 288 g/mol. The van der Waals surface area contributed by atoms with Gasteiger partial charge in [0, 0.05) is 47.7 Å². The van der Waals surface area contributed by atoms with Gasteiger partial charge in [0.15, 0.2) is 0 Å². The van der Waals surface area contributed by atoms with Crippen molar-refractivity contribution in [3.63, 3.8) is 0 Å². The summed E-state index contributed by atoms with van der Waals surface area (Å²) < 4.78 is 2.22. The smallest absolute Gasteiger partial charge is 0.0622 e. The highest BCUT2D eigenvalue weighted by Gasteiger charge is 2.20. The summed E-state index contributed by atoms with van der Waals surface area (Å²) in [5.41, 5.74) is 2.49. The summed E-state index contributed by atoms with van der Waals surface area (Å²) in [5, 5.41) is 14.3. The lowest BCUT2D eigenvalue weighted by Gasteiger charge is -2.03. The Morgan fingerprint density at radius 2 is 2.25 bits per heavy atom. The Kier molecular flexibility index (Phi) is 3.95. The lowest BCUT2D eigenvalue weighted by molar-refractivity contribution is 0.660. The fourth-order valence-corrected chi connectivity index (χ4v) is 2.70. The number of hydrogen-bond donors (Lipinski definition) is 1. The van der Waals surface area contributed by atoms with Crippen LogP contribution in [0.4, 0.5) is 0 Å². The molecule has 3 rings (SSSR count). The van der Waals surface area contributed by atoms with Crippen LogP contribution in [-0.2, 0) is 13.1 Å².